The first-order valence-corrected chi connectivity index (χ1v) is 8.68. The quantitative estimate of drug-likeness (QED) is 0.903. The monoisotopic (exact) mass is 331 g/mol. The smallest absolute Gasteiger partial charge is 0.275 e. The number of carbonyl (C=O) groups excluding carboxylic acids is 1. The van der Waals surface area contributed by atoms with Crippen LogP contribution in [0.2, 0.25) is 0 Å². The standard InChI is InChI=1S/C17H21N3O2S/c1-11-4-3-5-14(22-2)15(11)20-16(21)13-10-23-17(19-13)12-6-8-18-9-7-12/h3-5,10,12,18H,6-9H2,1-2H3,(H,20,21). The van der Waals surface area contributed by atoms with E-state index in [0.29, 0.717) is 23.0 Å². The highest BCUT2D eigenvalue weighted by Crippen LogP contribution is 2.30. The van der Waals surface area contributed by atoms with Gasteiger partial charge in [-0.15, -0.1) is 11.3 Å². The second-order valence-corrected chi connectivity index (χ2v) is 6.59. The number of amides is 1. The Hall–Kier alpha value is -1.92. The first kappa shape index (κ1) is 16.0. The number of aryl methyl sites for hydroxylation is 1. The Morgan fingerprint density at radius 2 is 2.17 bits per heavy atom. The highest BCUT2D eigenvalue weighted by atomic mass is 32.1. The van der Waals surface area contributed by atoms with Gasteiger partial charge in [-0.3, -0.25) is 4.79 Å². The fourth-order valence-corrected chi connectivity index (χ4v) is 3.77. The van der Waals surface area contributed by atoms with Gasteiger partial charge in [0.25, 0.3) is 5.91 Å². The maximum Gasteiger partial charge on any atom is 0.275 e. The van der Waals surface area contributed by atoms with Crippen LogP contribution in [0.3, 0.4) is 0 Å². The van der Waals surface area contributed by atoms with Gasteiger partial charge in [0, 0.05) is 11.3 Å². The van der Waals surface area contributed by atoms with Crippen molar-refractivity contribution in [2.75, 3.05) is 25.5 Å². The number of hydrogen-bond acceptors (Lipinski definition) is 5. The highest BCUT2D eigenvalue weighted by molar-refractivity contribution is 7.09. The summed E-state index contributed by atoms with van der Waals surface area (Å²) in [4.78, 5) is 17.0. The molecule has 0 spiro atoms. The number of rotatable bonds is 4. The third-order valence-electron chi connectivity index (χ3n) is 4.14. The van der Waals surface area contributed by atoms with Crippen LogP contribution in [0.1, 0.15) is 39.8 Å². The average Bonchev–Trinajstić information content (AvgIpc) is 3.07. The van der Waals surface area contributed by atoms with Gasteiger partial charge < -0.3 is 15.4 Å². The molecule has 0 radical (unpaired) electrons. The largest absolute Gasteiger partial charge is 0.495 e. The normalized spacial score (nSPS) is 15.4. The molecule has 1 saturated heterocycles. The van der Waals surface area contributed by atoms with E-state index in [1.54, 1.807) is 18.4 Å². The molecule has 122 valence electrons. The van der Waals surface area contributed by atoms with Gasteiger partial charge in [-0.1, -0.05) is 12.1 Å². The Labute approximate surface area is 140 Å². The number of aromatic nitrogens is 1. The van der Waals surface area contributed by atoms with Gasteiger partial charge in [0.2, 0.25) is 0 Å². The SMILES string of the molecule is COc1cccc(C)c1NC(=O)c1csc(C2CCNCC2)n1. The summed E-state index contributed by atoms with van der Waals surface area (Å²) < 4.78 is 5.32. The van der Waals surface area contributed by atoms with Crippen LogP contribution in [0, 0.1) is 6.92 Å². The molecule has 0 unspecified atom stereocenters. The van der Waals surface area contributed by atoms with Crippen LogP contribution in [0.5, 0.6) is 5.75 Å². The lowest BCUT2D eigenvalue weighted by Gasteiger charge is -2.20. The van der Waals surface area contributed by atoms with E-state index in [9.17, 15) is 4.79 Å². The molecule has 2 heterocycles. The molecule has 1 aromatic heterocycles. The van der Waals surface area contributed by atoms with E-state index in [2.05, 4.69) is 15.6 Å². The number of thiazole rings is 1. The molecule has 1 aliphatic heterocycles. The molecule has 0 aliphatic carbocycles. The molecule has 6 heteroatoms. The lowest BCUT2D eigenvalue weighted by molar-refractivity contribution is 0.102. The fourth-order valence-electron chi connectivity index (χ4n) is 2.80. The zero-order chi connectivity index (χ0) is 16.2. The van der Waals surface area contributed by atoms with Crippen molar-refractivity contribution in [2.45, 2.75) is 25.7 Å². The van der Waals surface area contributed by atoms with Gasteiger partial charge in [-0.25, -0.2) is 4.98 Å². The molecule has 0 bridgehead atoms. The van der Waals surface area contributed by atoms with Crippen LogP contribution < -0.4 is 15.4 Å². The minimum atomic E-state index is -0.186. The molecule has 1 amide bonds. The van der Waals surface area contributed by atoms with E-state index in [-0.39, 0.29) is 5.91 Å². The number of nitrogens with one attached hydrogen (secondary N) is 2. The Morgan fingerprint density at radius 1 is 1.39 bits per heavy atom. The number of nitrogens with zero attached hydrogens (tertiary/aromatic N) is 1. The molecule has 2 aromatic rings. The van der Waals surface area contributed by atoms with Crippen molar-refractivity contribution in [1.82, 2.24) is 10.3 Å². The second-order valence-electron chi connectivity index (χ2n) is 5.70. The summed E-state index contributed by atoms with van der Waals surface area (Å²) in [7, 11) is 1.60. The number of methoxy groups -OCH3 is 1. The van der Waals surface area contributed by atoms with Crippen molar-refractivity contribution in [3.63, 3.8) is 0 Å². The Bertz CT molecular complexity index is 693. The highest BCUT2D eigenvalue weighted by Gasteiger charge is 2.21. The molecule has 1 fully saturated rings. The third-order valence-corrected chi connectivity index (χ3v) is 5.14. The van der Waals surface area contributed by atoms with Gasteiger partial charge in [-0.05, 0) is 44.5 Å². The number of ether oxygens (including phenoxy) is 1. The van der Waals surface area contributed by atoms with E-state index in [4.69, 9.17) is 4.74 Å². The average molecular weight is 331 g/mol. The van der Waals surface area contributed by atoms with Crippen LogP contribution in [0.4, 0.5) is 5.69 Å². The van der Waals surface area contributed by atoms with E-state index in [0.717, 1.165) is 36.5 Å². The maximum atomic E-state index is 12.5. The van der Waals surface area contributed by atoms with E-state index in [1.165, 1.54) is 0 Å². The predicted octanol–water partition coefficient (Wildman–Crippen LogP) is 3.18. The van der Waals surface area contributed by atoms with Gasteiger partial charge in [0.1, 0.15) is 11.4 Å². The zero-order valence-corrected chi connectivity index (χ0v) is 14.2. The molecule has 1 aliphatic rings. The van der Waals surface area contributed by atoms with E-state index in [1.807, 2.05) is 30.5 Å². The minimum Gasteiger partial charge on any atom is -0.495 e. The van der Waals surface area contributed by atoms with Crippen molar-refractivity contribution in [2.24, 2.45) is 0 Å². The molecule has 0 atom stereocenters. The van der Waals surface area contributed by atoms with Crippen molar-refractivity contribution in [3.8, 4) is 5.75 Å². The summed E-state index contributed by atoms with van der Waals surface area (Å²) in [5.74, 6) is 0.942. The summed E-state index contributed by atoms with van der Waals surface area (Å²) in [6.45, 7) is 3.98. The molecule has 3 rings (SSSR count). The summed E-state index contributed by atoms with van der Waals surface area (Å²) in [5.41, 5.74) is 2.15. The lowest BCUT2D eigenvalue weighted by Crippen LogP contribution is -2.26. The van der Waals surface area contributed by atoms with Crippen molar-refractivity contribution in [3.05, 3.63) is 39.8 Å². The van der Waals surface area contributed by atoms with Crippen LogP contribution >= 0.6 is 11.3 Å². The first-order chi connectivity index (χ1) is 11.2. The van der Waals surface area contributed by atoms with Gasteiger partial charge in [0.15, 0.2) is 0 Å². The summed E-state index contributed by atoms with van der Waals surface area (Å²) >= 11 is 1.58. The molecule has 5 nitrogen and oxygen atoms in total. The van der Waals surface area contributed by atoms with Crippen molar-refractivity contribution in [1.29, 1.82) is 0 Å². The zero-order valence-electron chi connectivity index (χ0n) is 13.4. The minimum absolute atomic E-state index is 0.186. The molecular weight excluding hydrogens is 310 g/mol. The molecule has 0 saturated carbocycles. The Balaban J connectivity index is 1.75. The molecule has 23 heavy (non-hydrogen) atoms. The number of benzene rings is 1. The van der Waals surface area contributed by atoms with E-state index >= 15 is 0 Å². The topological polar surface area (TPSA) is 63.2 Å². The Kier molecular flexibility index (Phi) is 4.93. The Morgan fingerprint density at radius 3 is 2.91 bits per heavy atom. The summed E-state index contributed by atoms with van der Waals surface area (Å²) in [6, 6.07) is 5.69. The number of piperidine rings is 1. The third kappa shape index (κ3) is 3.54. The van der Waals surface area contributed by atoms with E-state index < -0.39 is 0 Å². The van der Waals surface area contributed by atoms with Crippen molar-refractivity contribution >= 4 is 22.9 Å². The van der Waals surface area contributed by atoms with Crippen LogP contribution in [-0.2, 0) is 0 Å². The number of carbonyl (C=O) groups is 1. The molecular formula is C17H21N3O2S. The number of anilines is 1. The van der Waals surface area contributed by atoms with Crippen LogP contribution in [0.15, 0.2) is 23.6 Å². The van der Waals surface area contributed by atoms with Gasteiger partial charge >= 0.3 is 0 Å². The van der Waals surface area contributed by atoms with Crippen LogP contribution in [-0.4, -0.2) is 31.1 Å². The molecule has 2 N–H and O–H groups in total. The number of hydrogen-bond donors (Lipinski definition) is 2. The first-order valence-electron chi connectivity index (χ1n) is 7.80. The van der Waals surface area contributed by atoms with Gasteiger partial charge in [-0.2, -0.15) is 0 Å². The maximum absolute atomic E-state index is 12.5. The van der Waals surface area contributed by atoms with Crippen molar-refractivity contribution < 1.29 is 9.53 Å². The molecule has 1 aromatic carbocycles. The fraction of sp³-hybridized carbons (Fsp3) is 0.412. The summed E-state index contributed by atoms with van der Waals surface area (Å²) in [6.07, 6.45) is 2.17. The number of para-hydroxylation sites is 1. The lowest BCUT2D eigenvalue weighted by atomic mass is 9.99. The predicted molar refractivity (Wildman–Crippen MR) is 92.6 cm³/mol. The van der Waals surface area contributed by atoms with Gasteiger partial charge in [0.05, 0.1) is 17.8 Å². The summed E-state index contributed by atoms with van der Waals surface area (Å²) in [5, 5.41) is 9.19. The van der Waals surface area contributed by atoms with Crippen LogP contribution in [0.25, 0.3) is 0 Å². The second kappa shape index (κ2) is 7.10.